The summed E-state index contributed by atoms with van der Waals surface area (Å²) in [6, 6.07) is 9.25. The zero-order valence-corrected chi connectivity index (χ0v) is 12.2. The van der Waals surface area contributed by atoms with E-state index in [1.54, 1.807) is 23.5 Å². The topological polar surface area (TPSA) is 29.3 Å². The number of hydrogen-bond donors (Lipinski definition) is 1. The van der Waals surface area contributed by atoms with Crippen molar-refractivity contribution >= 4 is 17.0 Å². The summed E-state index contributed by atoms with van der Waals surface area (Å²) in [7, 11) is 0. The van der Waals surface area contributed by atoms with Gasteiger partial charge in [-0.25, -0.2) is 4.39 Å². The van der Waals surface area contributed by atoms with Crippen LogP contribution in [0.5, 0.6) is 0 Å². The Morgan fingerprint density at radius 3 is 2.95 bits per heavy atom. The van der Waals surface area contributed by atoms with Crippen molar-refractivity contribution in [1.82, 2.24) is 0 Å². The van der Waals surface area contributed by atoms with Crippen LogP contribution in [-0.4, -0.2) is 19.1 Å². The summed E-state index contributed by atoms with van der Waals surface area (Å²) < 4.78 is 13.3. The van der Waals surface area contributed by atoms with Gasteiger partial charge in [0.15, 0.2) is 0 Å². The molecule has 1 fully saturated rings. The number of rotatable bonds is 3. The molecular formula is C16H19FN2S. The number of anilines is 1. The van der Waals surface area contributed by atoms with Crippen LogP contribution in [0, 0.1) is 11.7 Å². The fourth-order valence-corrected chi connectivity index (χ4v) is 3.70. The molecule has 1 aliphatic rings. The molecule has 2 aromatic rings. The van der Waals surface area contributed by atoms with Crippen LogP contribution in [0.3, 0.4) is 0 Å². The molecule has 2 unspecified atom stereocenters. The molecule has 2 atom stereocenters. The molecule has 0 aliphatic carbocycles. The van der Waals surface area contributed by atoms with E-state index in [0.717, 1.165) is 31.5 Å². The minimum absolute atomic E-state index is 0.155. The van der Waals surface area contributed by atoms with Gasteiger partial charge >= 0.3 is 0 Å². The van der Waals surface area contributed by atoms with Gasteiger partial charge < -0.3 is 10.6 Å². The Balaban J connectivity index is 1.70. The second-order valence-electron chi connectivity index (χ2n) is 5.58. The number of nitrogens with zero attached hydrogens (tertiary/aromatic N) is 1. The highest BCUT2D eigenvalue weighted by atomic mass is 32.1. The smallest absolute Gasteiger partial charge is 0.123 e. The van der Waals surface area contributed by atoms with Crippen LogP contribution in [0.25, 0.3) is 0 Å². The standard InChI is InChI=1S/C16H19FN2S/c17-14-3-1-2-12(7-14)6-13-8-15(18)10-19(9-13)16-4-5-20-11-16/h1-5,7,11,13,15H,6,8-10,18H2. The fraction of sp³-hybridized carbons (Fsp3) is 0.375. The Labute approximate surface area is 123 Å². The minimum atomic E-state index is -0.155. The molecule has 0 spiro atoms. The summed E-state index contributed by atoms with van der Waals surface area (Å²) in [5.41, 5.74) is 8.52. The molecule has 2 N–H and O–H groups in total. The van der Waals surface area contributed by atoms with Crippen LogP contribution >= 0.6 is 11.3 Å². The maximum atomic E-state index is 13.3. The summed E-state index contributed by atoms with van der Waals surface area (Å²) in [6.45, 7) is 1.91. The maximum absolute atomic E-state index is 13.3. The average Bonchev–Trinajstić information content (AvgIpc) is 2.91. The van der Waals surface area contributed by atoms with Crippen molar-refractivity contribution in [2.75, 3.05) is 18.0 Å². The first-order chi connectivity index (χ1) is 9.70. The summed E-state index contributed by atoms with van der Waals surface area (Å²) in [6.07, 6.45) is 1.91. The molecule has 1 aromatic heterocycles. The quantitative estimate of drug-likeness (QED) is 0.940. The number of thiophene rings is 1. The lowest BCUT2D eigenvalue weighted by atomic mass is 9.89. The van der Waals surface area contributed by atoms with E-state index in [1.807, 2.05) is 6.07 Å². The van der Waals surface area contributed by atoms with Gasteiger partial charge in [-0.1, -0.05) is 12.1 Å². The van der Waals surface area contributed by atoms with E-state index in [9.17, 15) is 4.39 Å². The lowest BCUT2D eigenvalue weighted by Crippen LogP contribution is -2.47. The van der Waals surface area contributed by atoms with Gasteiger partial charge in [0.2, 0.25) is 0 Å². The molecule has 0 bridgehead atoms. The van der Waals surface area contributed by atoms with Crippen molar-refractivity contribution in [3.63, 3.8) is 0 Å². The van der Waals surface area contributed by atoms with Gasteiger partial charge in [-0.05, 0) is 47.9 Å². The predicted octanol–water partition coefficient (Wildman–Crippen LogP) is 3.28. The van der Waals surface area contributed by atoms with Gasteiger partial charge in [-0.2, -0.15) is 11.3 Å². The Bertz CT molecular complexity index is 555. The zero-order chi connectivity index (χ0) is 13.9. The third kappa shape index (κ3) is 3.19. The Kier molecular flexibility index (Phi) is 4.03. The first kappa shape index (κ1) is 13.6. The van der Waals surface area contributed by atoms with Gasteiger partial charge in [0.25, 0.3) is 0 Å². The van der Waals surface area contributed by atoms with Gasteiger partial charge in [0, 0.05) is 30.2 Å². The Morgan fingerprint density at radius 1 is 1.30 bits per heavy atom. The molecule has 0 saturated carbocycles. The van der Waals surface area contributed by atoms with Crippen LogP contribution in [0.15, 0.2) is 41.1 Å². The first-order valence-corrected chi connectivity index (χ1v) is 7.92. The third-order valence-electron chi connectivity index (χ3n) is 3.85. The van der Waals surface area contributed by atoms with Gasteiger partial charge in [-0.15, -0.1) is 0 Å². The molecule has 2 heterocycles. The highest BCUT2D eigenvalue weighted by molar-refractivity contribution is 7.08. The number of nitrogens with two attached hydrogens (primary N) is 1. The monoisotopic (exact) mass is 290 g/mol. The van der Waals surface area contributed by atoms with Crippen LogP contribution in [-0.2, 0) is 6.42 Å². The largest absolute Gasteiger partial charge is 0.369 e. The first-order valence-electron chi connectivity index (χ1n) is 6.98. The highest BCUT2D eigenvalue weighted by Crippen LogP contribution is 2.26. The van der Waals surface area contributed by atoms with Crippen LogP contribution in [0.4, 0.5) is 10.1 Å². The summed E-state index contributed by atoms with van der Waals surface area (Å²) in [5, 5.41) is 4.26. The molecule has 1 aromatic carbocycles. The van der Waals surface area contributed by atoms with E-state index in [-0.39, 0.29) is 11.9 Å². The second kappa shape index (κ2) is 5.94. The average molecular weight is 290 g/mol. The normalized spacial score (nSPS) is 23.0. The fourth-order valence-electron chi connectivity index (χ4n) is 3.04. The predicted molar refractivity (Wildman–Crippen MR) is 82.7 cm³/mol. The van der Waals surface area contributed by atoms with Gasteiger partial charge in [-0.3, -0.25) is 0 Å². The summed E-state index contributed by atoms with van der Waals surface area (Å²) in [4.78, 5) is 2.36. The molecule has 3 rings (SSSR count). The Hall–Kier alpha value is -1.39. The van der Waals surface area contributed by atoms with E-state index in [0.29, 0.717) is 5.92 Å². The Morgan fingerprint density at radius 2 is 2.20 bits per heavy atom. The molecule has 1 saturated heterocycles. The lowest BCUT2D eigenvalue weighted by molar-refractivity contribution is 0.374. The van der Waals surface area contributed by atoms with Crippen molar-refractivity contribution in [2.45, 2.75) is 18.9 Å². The molecule has 0 radical (unpaired) electrons. The van der Waals surface area contributed by atoms with Crippen molar-refractivity contribution in [3.05, 3.63) is 52.5 Å². The summed E-state index contributed by atoms with van der Waals surface area (Å²) >= 11 is 1.71. The molecular weight excluding hydrogens is 271 g/mol. The second-order valence-corrected chi connectivity index (χ2v) is 6.36. The van der Waals surface area contributed by atoms with Crippen molar-refractivity contribution in [1.29, 1.82) is 0 Å². The van der Waals surface area contributed by atoms with Crippen molar-refractivity contribution < 1.29 is 4.39 Å². The highest BCUT2D eigenvalue weighted by Gasteiger charge is 2.25. The maximum Gasteiger partial charge on any atom is 0.123 e. The van der Waals surface area contributed by atoms with Crippen molar-refractivity contribution in [2.24, 2.45) is 11.7 Å². The molecule has 20 heavy (non-hydrogen) atoms. The van der Waals surface area contributed by atoms with Gasteiger partial charge in [0.1, 0.15) is 5.82 Å². The molecule has 0 amide bonds. The van der Waals surface area contributed by atoms with E-state index in [1.165, 1.54) is 11.8 Å². The van der Waals surface area contributed by atoms with Crippen LogP contribution in [0.1, 0.15) is 12.0 Å². The minimum Gasteiger partial charge on any atom is -0.369 e. The molecule has 106 valence electrons. The molecule has 4 heteroatoms. The SMILES string of the molecule is NC1CC(Cc2cccc(F)c2)CN(c2ccsc2)C1. The molecule has 2 nitrogen and oxygen atoms in total. The van der Waals surface area contributed by atoms with Crippen molar-refractivity contribution in [3.8, 4) is 0 Å². The van der Waals surface area contributed by atoms with Crippen LogP contribution < -0.4 is 10.6 Å². The third-order valence-corrected chi connectivity index (χ3v) is 4.53. The lowest BCUT2D eigenvalue weighted by Gasteiger charge is -2.37. The number of hydrogen-bond acceptors (Lipinski definition) is 3. The molecule has 1 aliphatic heterocycles. The number of benzene rings is 1. The summed E-state index contributed by atoms with van der Waals surface area (Å²) in [5.74, 6) is 0.331. The van der Waals surface area contributed by atoms with E-state index < -0.39 is 0 Å². The van der Waals surface area contributed by atoms with E-state index in [2.05, 4.69) is 21.7 Å². The zero-order valence-electron chi connectivity index (χ0n) is 11.3. The number of piperidine rings is 1. The van der Waals surface area contributed by atoms with Crippen LogP contribution in [0.2, 0.25) is 0 Å². The van der Waals surface area contributed by atoms with E-state index >= 15 is 0 Å². The number of halogens is 1. The van der Waals surface area contributed by atoms with E-state index in [4.69, 9.17) is 5.73 Å². The van der Waals surface area contributed by atoms with Gasteiger partial charge in [0.05, 0.1) is 0 Å².